The van der Waals surface area contributed by atoms with Crippen molar-refractivity contribution in [2.24, 2.45) is 16.8 Å². The third kappa shape index (κ3) is 5.71. The van der Waals surface area contributed by atoms with E-state index in [1.54, 1.807) is 0 Å². The first-order valence-corrected chi connectivity index (χ1v) is 4.85. The van der Waals surface area contributed by atoms with Gasteiger partial charge in [0.2, 0.25) is 0 Å². The quantitative estimate of drug-likeness (QED) is 0.207. The normalized spacial score (nSPS) is 15.3. The summed E-state index contributed by atoms with van der Waals surface area (Å²) in [5, 5.41) is 28.0. The number of amidine groups is 1. The van der Waals surface area contributed by atoms with Gasteiger partial charge in [-0.2, -0.15) is 13.2 Å². The van der Waals surface area contributed by atoms with E-state index in [1.165, 1.54) is 4.90 Å². The minimum absolute atomic E-state index is 0.0359. The smallest absolute Gasteiger partial charge is 0.400 e. The van der Waals surface area contributed by atoms with Crippen LogP contribution in [0, 0.1) is 5.92 Å². The van der Waals surface area contributed by atoms with Crippen LogP contribution in [-0.4, -0.2) is 65.2 Å². The molecule has 0 amide bonds. The van der Waals surface area contributed by atoms with E-state index in [1.807, 2.05) is 0 Å². The molecule has 0 spiro atoms. The summed E-state index contributed by atoms with van der Waals surface area (Å²) >= 11 is 0. The van der Waals surface area contributed by atoms with E-state index in [0.29, 0.717) is 0 Å². The van der Waals surface area contributed by atoms with E-state index < -0.39 is 24.5 Å². The van der Waals surface area contributed by atoms with Gasteiger partial charge < -0.3 is 21.2 Å². The molecule has 0 aliphatic rings. The van der Waals surface area contributed by atoms with Gasteiger partial charge in [0, 0.05) is 19.6 Å². The van der Waals surface area contributed by atoms with Gasteiger partial charge in [-0.15, -0.1) is 0 Å². The number of aliphatic hydroxyl groups is 2. The SMILES string of the molecule is NC(=NO)C(CN(CCO)CCO)C(F)(F)F. The Labute approximate surface area is 96.1 Å². The minimum atomic E-state index is -4.65. The molecule has 0 saturated carbocycles. The number of rotatable bonds is 7. The summed E-state index contributed by atoms with van der Waals surface area (Å²) in [6.45, 7) is -1.35. The molecular weight excluding hydrogens is 243 g/mol. The number of nitrogens with zero attached hydrogens (tertiary/aromatic N) is 2. The predicted octanol–water partition coefficient (Wildman–Crippen LogP) is -0.802. The lowest BCUT2D eigenvalue weighted by molar-refractivity contribution is -0.160. The van der Waals surface area contributed by atoms with Gasteiger partial charge in [-0.3, -0.25) is 4.90 Å². The average molecular weight is 259 g/mol. The largest absolute Gasteiger partial charge is 0.409 e. The lowest BCUT2D eigenvalue weighted by Gasteiger charge is -2.26. The Morgan fingerprint density at radius 1 is 1.24 bits per heavy atom. The van der Waals surface area contributed by atoms with Crippen molar-refractivity contribution in [2.45, 2.75) is 6.18 Å². The Morgan fingerprint density at radius 2 is 1.71 bits per heavy atom. The van der Waals surface area contributed by atoms with Gasteiger partial charge in [0.05, 0.1) is 13.2 Å². The molecule has 5 N–H and O–H groups in total. The number of oxime groups is 1. The summed E-state index contributed by atoms with van der Waals surface area (Å²) < 4.78 is 37.7. The Bertz CT molecular complexity index is 242. The fourth-order valence-electron chi connectivity index (χ4n) is 1.27. The first-order valence-electron chi connectivity index (χ1n) is 4.85. The van der Waals surface area contributed by atoms with Gasteiger partial charge in [0.15, 0.2) is 5.84 Å². The van der Waals surface area contributed by atoms with Gasteiger partial charge in [-0.05, 0) is 0 Å². The van der Waals surface area contributed by atoms with Gasteiger partial charge in [0.25, 0.3) is 0 Å². The molecule has 0 rings (SSSR count). The summed E-state index contributed by atoms with van der Waals surface area (Å²) in [5.74, 6) is -3.08. The van der Waals surface area contributed by atoms with Gasteiger partial charge >= 0.3 is 6.18 Å². The summed E-state index contributed by atoms with van der Waals surface area (Å²) in [4.78, 5) is 1.18. The Morgan fingerprint density at radius 3 is 2.00 bits per heavy atom. The average Bonchev–Trinajstić information content (AvgIpc) is 2.23. The van der Waals surface area contributed by atoms with Crippen LogP contribution in [0.15, 0.2) is 5.16 Å². The number of halogens is 3. The maximum absolute atomic E-state index is 12.6. The van der Waals surface area contributed by atoms with Crippen LogP contribution in [0.25, 0.3) is 0 Å². The zero-order valence-corrected chi connectivity index (χ0v) is 9.06. The molecule has 17 heavy (non-hydrogen) atoms. The molecule has 1 unspecified atom stereocenters. The van der Waals surface area contributed by atoms with Crippen molar-refractivity contribution in [3.63, 3.8) is 0 Å². The Balaban J connectivity index is 4.71. The van der Waals surface area contributed by atoms with Crippen LogP contribution in [0.4, 0.5) is 13.2 Å². The Kier molecular flexibility index (Phi) is 6.85. The van der Waals surface area contributed by atoms with Gasteiger partial charge in [-0.25, -0.2) is 0 Å². The van der Waals surface area contributed by atoms with E-state index in [2.05, 4.69) is 5.16 Å². The lowest BCUT2D eigenvalue weighted by atomic mass is 10.1. The lowest BCUT2D eigenvalue weighted by Crippen LogP contribution is -2.45. The van der Waals surface area contributed by atoms with Crippen molar-refractivity contribution in [3.8, 4) is 0 Å². The summed E-state index contributed by atoms with van der Waals surface area (Å²) in [6, 6.07) is 0. The van der Waals surface area contributed by atoms with Crippen LogP contribution in [-0.2, 0) is 0 Å². The number of hydrogen-bond donors (Lipinski definition) is 4. The fourth-order valence-corrected chi connectivity index (χ4v) is 1.27. The molecule has 0 aromatic heterocycles. The molecule has 0 saturated heterocycles. The van der Waals surface area contributed by atoms with Crippen molar-refractivity contribution in [3.05, 3.63) is 0 Å². The van der Waals surface area contributed by atoms with E-state index in [0.717, 1.165) is 0 Å². The molecule has 1 atom stereocenters. The fraction of sp³-hybridized carbons (Fsp3) is 0.875. The van der Waals surface area contributed by atoms with Crippen LogP contribution in [0.5, 0.6) is 0 Å². The third-order valence-electron chi connectivity index (χ3n) is 2.14. The van der Waals surface area contributed by atoms with Crippen molar-refractivity contribution in [1.82, 2.24) is 4.90 Å². The minimum Gasteiger partial charge on any atom is -0.409 e. The highest BCUT2D eigenvalue weighted by Crippen LogP contribution is 2.27. The first-order chi connectivity index (χ1) is 7.86. The second-order valence-corrected chi connectivity index (χ2v) is 3.37. The molecule has 0 aromatic rings. The highest BCUT2D eigenvalue weighted by molar-refractivity contribution is 5.83. The monoisotopic (exact) mass is 259 g/mol. The number of alkyl halides is 3. The standard InChI is InChI=1S/C8H16F3N3O3/c9-8(10,11)6(7(12)13-17)5-14(1-3-15)2-4-16/h6,15-17H,1-5H2,(H2,12,13). The highest BCUT2D eigenvalue weighted by Gasteiger charge is 2.43. The van der Waals surface area contributed by atoms with E-state index in [-0.39, 0.29) is 26.3 Å². The van der Waals surface area contributed by atoms with Crippen molar-refractivity contribution in [2.75, 3.05) is 32.8 Å². The molecule has 0 aromatic carbocycles. The van der Waals surface area contributed by atoms with Gasteiger partial charge in [-0.1, -0.05) is 5.16 Å². The first kappa shape index (κ1) is 15.9. The van der Waals surface area contributed by atoms with Crippen molar-refractivity contribution in [1.29, 1.82) is 0 Å². The topological polar surface area (TPSA) is 102 Å². The molecule has 0 fully saturated rings. The molecular formula is C8H16F3N3O3. The van der Waals surface area contributed by atoms with Crippen LogP contribution in [0.1, 0.15) is 0 Å². The number of nitrogens with two attached hydrogens (primary N) is 1. The van der Waals surface area contributed by atoms with E-state index >= 15 is 0 Å². The summed E-state index contributed by atoms with van der Waals surface area (Å²) in [6.07, 6.45) is -4.65. The van der Waals surface area contributed by atoms with Crippen LogP contribution < -0.4 is 5.73 Å². The molecule has 0 aliphatic carbocycles. The van der Waals surface area contributed by atoms with Crippen LogP contribution in [0.2, 0.25) is 0 Å². The molecule has 0 radical (unpaired) electrons. The molecule has 0 bridgehead atoms. The third-order valence-corrected chi connectivity index (χ3v) is 2.14. The molecule has 6 nitrogen and oxygen atoms in total. The summed E-state index contributed by atoms with van der Waals surface area (Å²) in [7, 11) is 0. The molecule has 102 valence electrons. The second kappa shape index (κ2) is 7.30. The zero-order chi connectivity index (χ0) is 13.5. The number of aliphatic hydroxyl groups excluding tert-OH is 2. The van der Waals surface area contributed by atoms with Gasteiger partial charge in [0.1, 0.15) is 5.92 Å². The van der Waals surface area contributed by atoms with Crippen molar-refractivity contribution >= 4 is 5.84 Å². The van der Waals surface area contributed by atoms with Crippen molar-refractivity contribution < 1.29 is 28.6 Å². The maximum atomic E-state index is 12.6. The molecule has 0 aliphatic heterocycles. The maximum Gasteiger partial charge on any atom is 0.400 e. The van der Waals surface area contributed by atoms with Crippen LogP contribution in [0.3, 0.4) is 0 Å². The molecule has 0 heterocycles. The molecule has 9 heteroatoms. The summed E-state index contributed by atoms with van der Waals surface area (Å²) in [5.41, 5.74) is 4.97. The zero-order valence-electron chi connectivity index (χ0n) is 9.06. The van der Waals surface area contributed by atoms with Crippen LogP contribution >= 0.6 is 0 Å². The highest BCUT2D eigenvalue weighted by atomic mass is 19.4. The second-order valence-electron chi connectivity index (χ2n) is 3.37. The predicted molar refractivity (Wildman–Crippen MR) is 53.6 cm³/mol. The Hall–Kier alpha value is -1.06. The van der Waals surface area contributed by atoms with E-state index in [4.69, 9.17) is 21.2 Å². The number of hydrogen-bond acceptors (Lipinski definition) is 5. The van der Waals surface area contributed by atoms with E-state index in [9.17, 15) is 13.2 Å².